The summed E-state index contributed by atoms with van der Waals surface area (Å²) < 4.78 is 5.31. The van der Waals surface area contributed by atoms with Crippen molar-refractivity contribution >= 4 is 5.91 Å². The van der Waals surface area contributed by atoms with Gasteiger partial charge in [-0.25, -0.2) is 0 Å². The molecule has 0 aromatic carbocycles. The van der Waals surface area contributed by atoms with E-state index in [1.165, 1.54) is 12.8 Å². The molecule has 5 nitrogen and oxygen atoms in total. The van der Waals surface area contributed by atoms with Crippen molar-refractivity contribution in [3.05, 3.63) is 0 Å². The van der Waals surface area contributed by atoms with Crippen LogP contribution in [0, 0.1) is 0 Å². The molecule has 0 radical (unpaired) electrons. The highest BCUT2D eigenvalue weighted by Gasteiger charge is 2.38. The van der Waals surface area contributed by atoms with E-state index in [0.717, 1.165) is 13.0 Å². The molecule has 2 aliphatic heterocycles. The molecule has 0 aromatic rings. The van der Waals surface area contributed by atoms with Crippen LogP contribution in [-0.2, 0) is 9.53 Å². The minimum absolute atomic E-state index is 0.0376. The highest BCUT2D eigenvalue weighted by atomic mass is 16.5. The lowest BCUT2D eigenvalue weighted by Gasteiger charge is -2.48. The Morgan fingerprint density at radius 2 is 2.22 bits per heavy atom. The molecule has 2 N–H and O–H groups in total. The molecule has 104 valence electrons. The second-order valence-corrected chi connectivity index (χ2v) is 5.51. The van der Waals surface area contributed by atoms with E-state index in [9.17, 15) is 4.79 Å². The van der Waals surface area contributed by atoms with Gasteiger partial charge in [-0.15, -0.1) is 0 Å². The summed E-state index contributed by atoms with van der Waals surface area (Å²) in [5.74, 6) is 0.0919. The highest BCUT2D eigenvalue weighted by Crippen LogP contribution is 2.25. The summed E-state index contributed by atoms with van der Waals surface area (Å²) in [6.07, 6.45) is 3.68. The molecule has 1 amide bonds. The van der Waals surface area contributed by atoms with Gasteiger partial charge in [-0.1, -0.05) is 0 Å². The van der Waals surface area contributed by atoms with E-state index in [2.05, 4.69) is 18.7 Å². The van der Waals surface area contributed by atoms with E-state index in [0.29, 0.717) is 19.2 Å². The molecular formula is C13H25N3O2. The van der Waals surface area contributed by atoms with Crippen LogP contribution in [0.5, 0.6) is 0 Å². The molecule has 0 spiro atoms. The zero-order valence-electron chi connectivity index (χ0n) is 11.5. The van der Waals surface area contributed by atoms with E-state index < -0.39 is 0 Å². The van der Waals surface area contributed by atoms with Gasteiger partial charge in [0.05, 0.1) is 18.8 Å². The number of rotatable bonds is 3. The van der Waals surface area contributed by atoms with Crippen molar-refractivity contribution in [3.63, 3.8) is 0 Å². The van der Waals surface area contributed by atoms with E-state index in [4.69, 9.17) is 10.5 Å². The van der Waals surface area contributed by atoms with Gasteiger partial charge in [0.25, 0.3) is 0 Å². The largest absolute Gasteiger partial charge is 0.369 e. The van der Waals surface area contributed by atoms with Crippen LogP contribution in [0.15, 0.2) is 0 Å². The number of morpholine rings is 1. The van der Waals surface area contributed by atoms with E-state index in [-0.39, 0.29) is 24.7 Å². The van der Waals surface area contributed by atoms with Crippen molar-refractivity contribution in [3.8, 4) is 0 Å². The molecule has 5 heteroatoms. The topological polar surface area (TPSA) is 58.8 Å². The van der Waals surface area contributed by atoms with Crippen molar-refractivity contribution in [1.82, 2.24) is 9.80 Å². The Kier molecular flexibility index (Phi) is 4.59. The van der Waals surface area contributed by atoms with Gasteiger partial charge in [0, 0.05) is 19.1 Å². The van der Waals surface area contributed by atoms with Crippen LogP contribution in [0.25, 0.3) is 0 Å². The number of piperidine rings is 1. The molecule has 2 heterocycles. The van der Waals surface area contributed by atoms with Gasteiger partial charge in [-0.05, 0) is 33.1 Å². The van der Waals surface area contributed by atoms with Gasteiger partial charge in [-0.2, -0.15) is 0 Å². The number of carbonyl (C=O) groups excluding carboxylic acids is 1. The van der Waals surface area contributed by atoms with E-state index in [1.807, 2.05) is 4.90 Å². The van der Waals surface area contributed by atoms with Crippen molar-refractivity contribution in [2.24, 2.45) is 5.73 Å². The summed E-state index contributed by atoms with van der Waals surface area (Å²) in [7, 11) is 0. The highest BCUT2D eigenvalue weighted by molar-refractivity contribution is 5.78. The molecule has 0 aromatic heterocycles. The first-order valence-corrected chi connectivity index (χ1v) is 7.00. The number of hydrogen-bond acceptors (Lipinski definition) is 4. The Morgan fingerprint density at radius 1 is 1.44 bits per heavy atom. The van der Waals surface area contributed by atoms with Crippen LogP contribution in [0.2, 0.25) is 0 Å². The quantitative estimate of drug-likeness (QED) is 0.793. The minimum atomic E-state index is 0.0376. The average molecular weight is 255 g/mol. The summed E-state index contributed by atoms with van der Waals surface area (Å²) in [6.45, 7) is 6.73. The Balaban J connectivity index is 2.16. The number of amides is 1. The number of hydrogen-bond donors (Lipinski definition) is 1. The monoisotopic (exact) mass is 255 g/mol. The molecule has 0 aliphatic carbocycles. The van der Waals surface area contributed by atoms with Gasteiger partial charge in [-0.3, -0.25) is 9.69 Å². The Labute approximate surface area is 109 Å². The Bertz CT molecular complexity index is 296. The summed E-state index contributed by atoms with van der Waals surface area (Å²) in [5, 5.41) is 0. The van der Waals surface area contributed by atoms with Crippen LogP contribution in [0.4, 0.5) is 0 Å². The van der Waals surface area contributed by atoms with Crippen LogP contribution >= 0.6 is 0 Å². The predicted octanol–water partition coefficient (Wildman–Crippen LogP) is 0.393. The van der Waals surface area contributed by atoms with Crippen molar-refractivity contribution in [1.29, 1.82) is 0 Å². The van der Waals surface area contributed by atoms with E-state index in [1.54, 1.807) is 0 Å². The number of carbonyl (C=O) groups is 1. The first-order valence-electron chi connectivity index (χ1n) is 7.00. The first-order chi connectivity index (χ1) is 8.65. The second-order valence-electron chi connectivity index (χ2n) is 5.51. The van der Waals surface area contributed by atoms with Crippen molar-refractivity contribution < 1.29 is 9.53 Å². The molecule has 0 bridgehead atoms. The summed E-state index contributed by atoms with van der Waals surface area (Å²) >= 11 is 0. The van der Waals surface area contributed by atoms with Crippen molar-refractivity contribution in [2.45, 2.75) is 51.4 Å². The fourth-order valence-corrected chi connectivity index (χ4v) is 3.07. The molecule has 2 atom stereocenters. The summed E-state index contributed by atoms with van der Waals surface area (Å²) in [5.41, 5.74) is 5.79. The lowest BCUT2D eigenvalue weighted by Crippen LogP contribution is -2.63. The van der Waals surface area contributed by atoms with Gasteiger partial charge < -0.3 is 15.4 Å². The number of nitrogens with zero attached hydrogens (tertiary/aromatic N) is 2. The third-order valence-electron chi connectivity index (χ3n) is 3.99. The third kappa shape index (κ3) is 2.68. The zero-order valence-corrected chi connectivity index (χ0v) is 11.5. The lowest BCUT2D eigenvalue weighted by atomic mass is 10.0. The van der Waals surface area contributed by atoms with E-state index >= 15 is 0 Å². The smallest absolute Gasteiger partial charge is 0.250 e. The van der Waals surface area contributed by atoms with Crippen molar-refractivity contribution in [2.75, 3.05) is 26.3 Å². The lowest BCUT2D eigenvalue weighted by molar-refractivity contribution is -0.161. The fraction of sp³-hybridized carbons (Fsp3) is 0.923. The van der Waals surface area contributed by atoms with Crippen LogP contribution < -0.4 is 5.73 Å². The average Bonchev–Trinajstić information content (AvgIpc) is 2.38. The maximum absolute atomic E-state index is 12.1. The number of nitrogens with two attached hydrogens (primary N) is 1. The third-order valence-corrected chi connectivity index (χ3v) is 3.99. The van der Waals surface area contributed by atoms with Gasteiger partial charge in [0.2, 0.25) is 5.91 Å². The zero-order chi connectivity index (χ0) is 13.1. The van der Waals surface area contributed by atoms with Gasteiger partial charge in [0.15, 0.2) is 0 Å². The molecule has 2 saturated heterocycles. The molecule has 2 aliphatic rings. The SMILES string of the molecule is CC(C)N1CCCCC1N1C(=O)COCC1CN. The molecule has 18 heavy (non-hydrogen) atoms. The molecule has 0 saturated carbocycles. The molecular weight excluding hydrogens is 230 g/mol. The molecule has 2 rings (SSSR count). The summed E-state index contributed by atoms with van der Waals surface area (Å²) in [4.78, 5) is 16.6. The van der Waals surface area contributed by atoms with Crippen LogP contribution in [-0.4, -0.2) is 60.3 Å². The summed E-state index contributed by atoms with van der Waals surface area (Å²) in [6, 6.07) is 0.500. The maximum Gasteiger partial charge on any atom is 0.250 e. The standard InChI is InChI=1S/C13H25N3O2/c1-10(2)15-6-4-3-5-12(15)16-11(7-14)8-18-9-13(16)17/h10-12H,3-9,14H2,1-2H3. The number of ether oxygens (including phenoxy) is 1. The predicted molar refractivity (Wildman–Crippen MR) is 70.0 cm³/mol. The first kappa shape index (κ1) is 13.8. The van der Waals surface area contributed by atoms with Gasteiger partial charge >= 0.3 is 0 Å². The fourth-order valence-electron chi connectivity index (χ4n) is 3.07. The normalized spacial score (nSPS) is 31.1. The molecule has 2 unspecified atom stereocenters. The maximum atomic E-state index is 12.1. The molecule has 2 fully saturated rings. The van der Waals surface area contributed by atoms with Crippen LogP contribution in [0.1, 0.15) is 33.1 Å². The minimum Gasteiger partial charge on any atom is -0.369 e. The Hall–Kier alpha value is -0.650. The number of likely N-dealkylation sites (tertiary alicyclic amines) is 1. The Morgan fingerprint density at radius 3 is 2.89 bits per heavy atom. The van der Waals surface area contributed by atoms with Gasteiger partial charge in [0.1, 0.15) is 6.61 Å². The second kappa shape index (κ2) is 5.99. The van der Waals surface area contributed by atoms with Crippen LogP contribution in [0.3, 0.4) is 0 Å².